The fourth-order valence-corrected chi connectivity index (χ4v) is 3.99. The average Bonchev–Trinajstić information content (AvgIpc) is 3.09. The molecule has 0 saturated heterocycles. The molecule has 1 aromatic heterocycles. The molecule has 0 spiro atoms. The van der Waals surface area contributed by atoms with Gasteiger partial charge in [-0.05, 0) is 60.5 Å². The van der Waals surface area contributed by atoms with Gasteiger partial charge < -0.3 is 9.88 Å². The molecule has 4 aromatic carbocycles. The van der Waals surface area contributed by atoms with E-state index in [2.05, 4.69) is 114 Å². The zero-order chi connectivity index (χ0) is 18.9. The van der Waals surface area contributed by atoms with Gasteiger partial charge in [0.2, 0.25) is 0 Å². The van der Waals surface area contributed by atoms with Gasteiger partial charge in [0.25, 0.3) is 0 Å². The Balaban J connectivity index is 1.71. The molecular weight excluding hydrogens is 340 g/mol. The minimum absolute atomic E-state index is 0.935. The molecule has 0 radical (unpaired) electrons. The lowest BCUT2D eigenvalue weighted by atomic mass is 10.0. The largest absolute Gasteiger partial charge is 0.385 e. The maximum absolute atomic E-state index is 3.36. The summed E-state index contributed by atoms with van der Waals surface area (Å²) in [4.78, 5) is 0. The summed E-state index contributed by atoms with van der Waals surface area (Å²) >= 11 is 0. The summed E-state index contributed by atoms with van der Waals surface area (Å²) in [5, 5.41) is 5.93. The van der Waals surface area contributed by atoms with Crippen LogP contribution in [0.2, 0.25) is 0 Å². The number of anilines is 1. The highest BCUT2D eigenvalue weighted by atomic mass is 15.0. The molecule has 0 aliphatic rings. The lowest BCUT2D eigenvalue weighted by Gasteiger charge is -2.08. The maximum atomic E-state index is 3.36. The molecule has 0 atom stereocenters. The molecule has 28 heavy (non-hydrogen) atoms. The zero-order valence-electron chi connectivity index (χ0n) is 15.9. The van der Waals surface area contributed by atoms with E-state index in [9.17, 15) is 0 Å². The van der Waals surface area contributed by atoms with Gasteiger partial charge in [-0.15, -0.1) is 0 Å². The van der Waals surface area contributed by atoms with Gasteiger partial charge in [-0.25, -0.2) is 0 Å². The van der Waals surface area contributed by atoms with Crippen molar-refractivity contribution in [1.82, 2.24) is 4.57 Å². The second-order valence-electron chi connectivity index (χ2n) is 7.03. The van der Waals surface area contributed by atoms with Crippen LogP contribution >= 0.6 is 0 Å². The Morgan fingerprint density at radius 1 is 0.643 bits per heavy atom. The number of nitrogens with one attached hydrogen (secondary N) is 1. The highest BCUT2D eigenvalue weighted by molar-refractivity contribution is 6.10. The third-order valence-corrected chi connectivity index (χ3v) is 5.29. The summed E-state index contributed by atoms with van der Waals surface area (Å²) in [6, 6.07) is 34.7. The Kier molecular flexibility index (Phi) is 4.10. The molecule has 0 amide bonds. The van der Waals surface area contributed by atoms with Crippen LogP contribution in [-0.2, 0) is 0 Å². The number of para-hydroxylation sites is 2. The Bertz CT molecular complexity index is 1250. The number of benzene rings is 4. The molecular formula is C26H22N2. The summed E-state index contributed by atoms with van der Waals surface area (Å²) in [6.45, 7) is 3.05. The van der Waals surface area contributed by atoms with E-state index < -0.39 is 0 Å². The molecule has 0 unspecified atom stereocenters. The molecule has 1 heterocycles. The topological polar surface area (TPSA) is 17.0 Å². The van der Waals surface area contributed by atoms with Crippen molar-refractivity contribution in [3.8, 4) is 16.8 Å². The molecule has 5 rings (SSSR count). The van der Waals surface area contributed by atoms with Crippen molar-refractivity contribution in [3.05, 3.63) is 97.1 Å². The number of hydrogen-bond acceptors (Lipinski definition) is 1. The second-order valence-corrected chi connectivity index (χ2v) is 7.03. The van der Waals surface area contributed by atoms with Gasteiger partial charge in [-0.1, -0.05) is 54.6 Å². The quantitative estimate of drug-likeness (QED) is 0.368. The molecule has 2 nitrogen and oxygen atoms in total. The van der Waals surface area contributed by atoms with Crippen LogP contribution in [0, 0.1) is 0 Å². The van der Waals surface area contributed by atoms with E-state index >= 15 is 0 Å². The van der Waals surface area contributed by atoms with Crippen LogP contribution < -0.4 is 5.32 Å². The Labute approximate surface area is 165 Å². The molecule has 5 aromatic rings. The molecule has 0 saturated carbocycles. The van der Waals surface area contributed by atoms with Crippen LogP contribution in [0.4, 0.5) is 5.69 Å². The van der Waals surface area contributed by atoms with E-state index in [1.54, 1.807) is 0 Å². The Hall–Kier alpha value is -3.52. The van der Waals surface area contributed by atoms with Crippen molar-refractivity contribution in [2.75, 3.05) is 11.9 Å². The number of fused-ring (bicyclic) bond motifs is 3. The first-order chi connectivity index (χ1) is 13.8. The van der Waals surface area contributed by atoms with Crippen LogP contribution in [0.3, 0.4) is 0 Å². The minimum Gasteiger partial charge on any atom is -0.385 e. The van der Waals surface area contributed by atoms with Crippen molar-refractivity contribution in [1.29, 1.82) is 0 Å². The highest BCUT2D eigenvalue weighted by Crippen LogP contribution is 2.34. The number of nitrogens with zero attached hydrogens (tertiary/aromatic N) is 1. The summed E-state index contributed by atoms with van der Waals surface area (Å²) in [5.74, 6) is 0. The number of aromatic nitrogens is 1. The maximum Gasteiger partial charge on any atom is 0.0541 e. The van der Waals surface area contributed by atoms with Gasteiger partial charge in [-0.2, -0.15) is 0 Å². The molecule has 0 bridgehead atoms. The van der Waals surface area contributed by atoms with E-state index in [-0.39, 0.29) is 0 Å². The van der Waals surface area contributed by atoms with Gasteiger partial charge in [0.1, 0.15) is 0 Å². The van der Waals surface area contributed by atoms with Crippen LogP contribution in [0.1, 0.15) is 6.92 Å². The monoisotopic (exact) mass is 362 g/mol. The molecule has 2 heteroatoms. The van der Waals surface area contributed by atoms with Crippen molar-refractivity contribution in [2.45, 2.75) is 6.92 Å². The van der Waals surface area contributed by atoms with Crippen molar-refractivity contribution >= 4 is 27.5 Å². The van der Waals surface area contributed by atoms with E-state index in [1.807, 2.05) is 0 Å². The van der Waals surface area contributed by atoms with Crippen LogP contribution in [0.25, 0.3) is 38.6 Å². The predicted molar refractivity (Wildman–Crippen MR) is 120 cm³/mol. The third kappa shape index (κ3) is 2.74. The Morgan fingerprint density at radius 3 is 2.11 bits per heavy atom. The first kappa shape index (κ1) is 16.6. The summed E-state index contributed by atoms with van der Waals surface area (Å²) in [7, 11) is 0. The summed E-state index contributed by atoms with van der Waals surface area (Å²) in [6.07, 6.45) is 0. The number of rotatable bonds is 4. The van der Waals surface area contributed by atoms with Gasteiger partial charge in [-0.3, -0.25) is 0 Å². The van der Waals surface area contributed by atoms with E-state index in [0.29, 0.717) is 0 Å². The minimum atomic E-state index is 0.935. The molecule has 136 valence electrons. The molecule has 0 aliphatic carbocycles. The second kappa shape index (κ2) is 6.90. The first-order valence-corrected chi connectivity index (χ1v) is 9.78. The predicted octanol–water partition coefficient (Wildman–Crippen LogP) is 6.88. The number of hydrogen-bond donors (Lipinski definition) is 1. The molecule has 1 N–H and O–H groups in total. The molecule has 0 aliphatic heterocycles. The smallest absolute Gasteiger partial charge is 0.0541 e. The van der Waals surface area contributed by atoms with Crippen LogP contribution in [0.15, 0.2) is 97.1 Å². The lowest BCUT2D eigenvalue weighted by molar-refractivity contribution is 1.18. The van der Waals surface area contributed by atoms with Gasteiger partial charge in [0, 0.05) is 28.7 Å². The summed E-state index contributed by atoms with van der Waals surface area (Å²) in [5.41, 5.74) is 7.31. The standard InChI is InChI=1S/C26H22N2/c1-2-27-21-15-12-19(13-16-21)20-14-17-26-24(18-20)23-10-6-7-11-25(23)28(26)22-8-4-3-5-9-22/h3-18,27H,2H2,1H3. The highest BCUT2D eigenvalue weighted by Gasteiger charge is 2.12. The van der Waals surface area contributed by atoms with Gasteiger partial charge in [0.05, 0.1) is 11.0 Å². The fourth-order valence-electron chi connectivity index (χ4n) is 3.99. The third-order valence-electron chi connectivity index (χ3n) is 5.29. The van der Waals surface area contributed by atoms with Crippen molar-refractivity contribution in [3.63, 3.8) is 0 Å². The SMILES string of the molecule is CCNc1ccc(-c2ccc3c(c2)c2ccccc2n3-c2ccccc2)cc1. The average molecular weight is 362 g/mol. The Morgan fingerprint density at radius 2 is 1.32 bits per heavy atom. The van der Waals surface area contributed by atoms with Gasteiger partial charge >= 0.3 is 0 Å². The van der Waals surface area contributed by atoms with Gasteiger partial charge in [0.15, 0.2) is 0 Å². The lowest BCUT2D eigenvalue weighted by Crippen LogP contribution is -1.95. The fraction of sp³-hybridized carbons (Fsp3) is 0.0769. The first-order valence-electron chi connectivity index (χ1n) is 9.78. The zero-order valence-corrected chi connectivity index (χ0v) is 15.9. The van der Waals surface area contributed by atoms with Crippen molar-refractivity contribution in [2.24, 2.45) is 0 Å². The van der Waals surface area contributed by atoms with Crippen molar-refractivity contribution < 1.29 is 0 Å². The van der Waals surface area contributed by atoms with Crippen LogP contribution in [0.5, 0.6) is 0 Å². The van der Waals surface area contributed by atoms with E-state index in [1.165, 1.54) is 38.6 Å². The normalized spacial score (nSPS) is 11.2. The molecule has 0 fully saturated rings. The van der Waals surface area contributed by atoms with E-state index in [4.69, 9.17) is 0 Å². The van der Waals surface area contributed by atoms with Crippen LogP contribution in [-0.4, -0.2) is 11.1 Å². The van der Waals surface area contributed by atoms with E-state index in [0.717, 1.165) is 12.2 Å². The summed E-state index contributed by atoms with van der Waals surface area (Å²) < 4.78 is 2.35.